The Kier molecular flexibility index (Phi) is 3.15. The smallest absolute Gasteiger partial charge is 0.229 e. The van der Waals surface area contributed by atoms with Gasteiger partial charge in [0.25, 0.3) is 0 Å². The quantitative estimate of drug-likeness (QED) is 0.840. The molecule has 1 fully saturated rings. The van der Waals surface area contributed by atoms with Crippen LogP contribution in [0.5, 0.6) is 5.75 Å². The molecule has 5 nitrogen and oxygen atoms in total. The highest BCUT2D eigenvalue weighted by Gasteiger charge is 2.25. The Bertz CT molecular complexity index is 509. The van der Waals surface area contributed by atoms with Crippen LogP contribution in [0.1, 0.15) is 12.8 Å². The third kappa shape index (κ3) is 3.26. The molecule has 2 rings (SSSR count). The third-order valence-corrected chi connectivity index (χ3v) is 2.98. The normalized spacial score (nSPS) is 15.4. The minimum absolute atomic E-state index is 0.274. The number of hydrogen-bond donors (Lipinski definition) is 2. The van der Waals surface area contributed by atoms with Gasteiger partial charge in [-0.2, -0.15) is 0 Å². The fraction of sp³-hybridized carbons (Fsp3) is 0.455. The van der Waals surface area contributed by atoms with Crippen molar-refractivity contribution in [2.75, 3.05) is 23.3 Å². The molecular formula is C11H16N2O3S. The number of sulfonamides is 1. The van der Waals surface area contributed by atoms with Gasteiger partial charge in [0.05, 0.1) is 18.0 Å². The van der Waals surface area contributed by atoms with Crippen molar-refractivity contribution < 1.29 is 13.2 Å². The van der Waals surface area contributed by atoms with E-state index in [1.165, 1.54) is 0 Å². The van der Waals surface area contributed by atoms with Crippen LogP contribution in [0, 0.1) is 0 Å². The Balaban J connectivity index is 2.30. The van der Waals surface area contributed by atoms with Crippen LogP contribution in [-0.2, 0) is 10.0 Å². The maximum atomic E-state index is 11.2. The largest absolute Gasteiger partial charge is 0.488 e. The first-order chi connectivity index (χ1) is 7.99. The number of hydrogen-bond acceptors (Lipinski definition) is 4. The second-order valence-electron chi connectivity index (χ2n) is 4.12. The number of rotatable bonds is 5. The van der Waals surface area contributed by atoms with E-state index in [-0.39, 0.29) is 6.10 Å². The van der Waals surface area contributed by atoms with Gasteiger partial charge in [-0.15, -0.1) is 0 Å². The highest BCUT2D eigenvalue weighted by molar-refractivity contribution is 7.92. The summed E-state index contributed by atoms with van der Waals surface area (Å²) in [5.41, 5.74) is 1.18. The van der Waals surface area contributed by atoms with E-state index in [4.69, 9.17) is 4.74 Å². The number of nitrogens with one attached hydrogen (secondary N) is 2. The van der Waals surface area contributed by atoms with Gasteiger partial charge in [0.2, 0.25) is 10.0 Å². The van der Waals surface area contributed by atoms with Crippen LogP contribution in [0.25, 0.3) is 0 Å². The van der Waals surface area contributed by atoms with Gasteiger partial charge in [-0.05, 0) is 25.0 Å². The van der Waals surface area contributed by atoms with E-state index in [0.717, 1.165) is 19.1 Å². The van der Waals surface area contributed by atoms with E-state index >= 15 is 0 Å². The number of ether oxygens (including phenoxy) is 1. The maximum absolute atomic E-state index is 11.2. The van der Waals surface area contributed by atoms with Crippen LogP contribution in [0.2, 0.25) is 0 Å². The summed E-state index contributed by atoms with van der Waals surface area (Å²) in [6.45, 7) is 0. The molecule has 1 aromatic carbocycles. The van der Waals surface area contributed by atoms with Crippen molar-refractivity contribution >= 4 is 21.4 Å². The fourth-order valence-corrected chi connectivity index (χ4v) is 2.11. The molecular weight excluding hydrogens is 240 g/mol. The van der Waals surface area contributed by atoms with Crippen molar-refractivity contribution in [3.63, 3.8) is 0 Å². The molecule has 2 N–H and O–H groups in total. The van der Waals surface area contributed by atoms with Crippen molar-refractivity contribution in [3.8, 4) is 5.75 Å². The molecule has 0 aromatic heterocycles. The van der Waals surface area contributed by atoms with E-state index in [1.54, 1.807) is 19.2 Å². The zero-order valence-corrected chi connectivity index (χ0v) is 10.7. The predicted molar refractivity (Wildman–Crippen MR) is 68.1 cm³/mol. The van der Waals surface area contributed by atoms with Gasteiger partial charge in [-0.1, -0.05) is 6.07 Å². The molecule has 1 saturated carbocycles. The Labute approximate surface area is 101 Å². The second-order valence-corrected chi connectivity index (χ2v) is 5.87. The molecule has 6 heteroatoms. The average molecular weight is 256 g/mol. The molecule has 1 aliphatic carbocycles. The second kappa shape index (κ2) is 4.44. The summed E-state index contributed by atoms with van der Waals surface area (Å²) in [6.07, 6.45) is 3.52. The molecule has 0 unspecified atom stereocenters. The van der Waals surface area contributed by atoms with Crippen molar-refractivity contribution in [1.82, 2.24) is 0 Å². The SMILES string of the molecule is CNc1c(NS(C)(=O)=O)cccc1OC1CC1. The van der Waals surface area contributed by atoms with Crippen LogP contribution in [0.15, 0.2) is 18.2 Å². The zero-order valence-electron chi connectivity index (χ0n) is 9.86. The molecule has 0 radical (unpaired) electrons. The minimum Gasteiger partial charge on any atom is -0.488 e. The minimum atomic E-state index is -3.28. The van der Waals surface area contributed by atoms with Gasteiger partial charge < -0.3 is 10.1 Å². The number of para-hydroxylation sites is 1. The topological polar surface area (TPSA) is 67.4 Å². The third-order valence-electron chi connectivity index (χ3n) is 2.39. The van der Waals surface area contributed by atoms with Crippen LogP contribution >= 0.6 is 0 Å². The Morgan fingerprint density at radius 2 is 2.06 bits per heavy atom. The summed E-state index contributed by atoms with van der Waals surface area (Å²) < 4.78 is 30.6. The van der Waals surface area contributed by atoms with Gasteiger partial charge in [0.1, 0.15) is 11.4 Å². The molecule has 0 saturated heterocycles. The van der Waals surface area contributed by atoms with Crippen molar-refractivity contribution in [2.24, 2.45) is 0 Å². The lowest BCUT2D eigenvalue weighted by Gasteiger charge is -2.15. The monoisotopic (exact) mass is 256 g/mol. The highest BCUT2D eigenvalue weighted by Crippen LogP contribution is 2.36. The lowest BCUT2D eigenvalue weighted by molar-refractivity contribution is 0.305. The molecule has 0 amide bonds. The van der Waals surface area contributed by atoms with Crippen LogP contribution < -0.4 is 14.8 Å². The Morgan fingerprint density at radius 1 is 1.35 bits per heavy atom. The van der Waals surface area contributed by atoms with Crippen LogP contribution in [0.4, 0.5) is 11.4 Å². The standard InChI is InChI=1S/C11H16N2O3S/c1-12-11-9(13-17(2,14)15)4-3-5-10(11)16-8-6-7-8/h3-5,8,12-13H,6-7H2,1-2H3. The van der Waals surface area contributed by atoms with Gasteiger partial charge in [-0.25, -0.2) is 8.42 Å². The lowest BCUT2D eigenvalue weighted by atomic mass is 10.2. The number of benzene rings is 1. The van der Waals surface area contributed by atoms with Crippen LogP contribution in [0.3, 0.4) is 0 Å². The Morgan fingerprint density at radius 3 is 2.59 bits per heavy atom. The molecule has 0 spiro atoms. The fourth-order valence-electron chi connectivity index (χ4n) is 1.54. The molecule has 94 valence electrons. The van der Waals surface area contributed by atoms with E-state index < -0.39 is 10.0 Å². The molecule has 17 heavy (non-hydrogen) atoms. The molecule has 0 atom stereocenters. The van der Waals surface area contributed by atoms with Gasteiger partial charge >= 0.3 is 0 Å². The van der Waals surface area contributed by atoms with Crippen molar-refractivity contribution in [3.05, 3.63) is 18.2 Å². The summed E-state index contributed by atoms with van der Waals surface area (Å²) in [6, 6.07) is 5.30. The summed E-state index contributed by atoms with van der Waals surface area (Å²) in [5, 5.41) is 2.97. The van der Waals surface area contributed by atoms with E-state index in [2.05, 4.69) is 10.0 Å². The van der Waals surface area contributed by atoms with Crippen molar-refractivity contribution in [2.45, 2.75) is 18.9 Å². The summed E-state index contributed by atoms with van der Waals surface area (Å²) in [7, 11) is -1.55. The molecule has 1 aliphatic rings. The predicted octanol–water partition coefficient (Wildman–Crippen LogP) is 1.64. The average Bonchev–Trinajstić information content (AvgIpc) is 2.99. The molecule has 0 heterocycles. The molecule has 1 aromatic rings. The van der Waals surface area contributed by atoms with E-state index in [1.807, 2.05) is 6.07 Å². The van der Waals surface area contributed by atoms with Gasteiger partial charge in [0.15, 0.2) is 0 Å². The molecule has 0 aliphatic heterocycles. The van der Waals surface area contributed by atoms with Gasteiger partial charge in [-0.3, -0.25) is 4.72 Å². The first kappa shape index (κ1) is 12.0. The van der Waals surface area contributed by atoms with E-state index in [9.17, 15) is 8.42 Å². The van der Waals surface area contributed by atoms with Crippen LogP contribution in [-0.4, -0.2) is 27.8 Å². The van der Waals surface area contributed by atoms with Gasteiger partial charge in [0, 0.05) is 7.05 Å². The first-order valence-electron chi connectivity index (χ1n) is 5.45. The van der Waals surface area contributed by atoms with Crippen molar-refractivity contribution in [1.29, 1.82) is 0 Å². The summed E-state index contributed by atoms with van der Waals surface area (Å²) in [4.78, 5) is 0. The summed E-state index contributed by atoms with van der Waals surface area (Å²) >= 11 is 0. The highest BCUT2D eigenvalue weighted by atomic mass is 32.2. The summed E-state index contributed by atoms with van der Waals surface area (Å²) in [5.74, 6) is 0.684. The molecule has 0 bridgehead atoms. The van der Waals surface area contributed by atoms with E-state index in [0.29, 0.717) is 17.1 Å². The first-order valence-corrected chi connectivity index (χ1v) is 7.34. The maximum Gasteiger partial charge on any atom is 0.229 e. The lowest BCUT2D eigenvalue weighted by Crippen LogP contribution is -2.12. The zero-order chi connectivity index (χ0) is 12.5. The Hall–Kier alpha value is -1.43. The number of anilines is 2.